The van der Waals surface area contributed by atoms with Gasteiger partial charge in [0.1, 0.15) is 6.54 Å². The lowest BCUT2D eigenvalue weighted by Gasteiger charge is -2.56. The molecule has 6 nitrogen and oxygen atoms in total. The Kier molecular flexibility index (Phi) is 6.63. The maximum absolute atomic E-state index is 12.5. The Labute approximate surface area is 184 Å². The molecule has 1 aromatic rings. The molecule has 31 heavy (non-hydrogen) atoms. The van der Waals surface area contributed by atoms with Gasteiger partial charge >= 0.3 is 5.97 Å². The van der Waals surface area contributed by atoms with Crippen LogP contribution < -0.4 is 10.6 Å². The molecule has 4 aliphatic rings. The van der Waals surface area contributed by atoms with Gasteiger partial charge in [0.15, 0.2) is 6.61 Å². The van der Waals surface area contributed by atoms with E-state index in [0.717, 1.165) is 23.3 Å². The van der Waals surface area contributed by atoms with Gasteiger partial charge in [-0.1, -0.05) is 37.3 Å². The van der Waals surface area contributed by atoms with Gasteiger partial charge in [-0.15, -0.1) is 0 Å². The molecule has 4 aliphatic carbocycles. The first-order valence-corrected chi connectivity index (χ1v) is 11.6. The molecule has 0 spiro atoms. The van der Waals surface area contributed by atoms with Gasteiger partial charge in [0.05, 0.1) is 0 Å². The molecule has 6 heteroatoms. The van der Waals surface area contributed by atoms with Gasteiger partial charge in [-0.2, -0.15) is 0 Å². The largest absolute Gasteiger partial charge is 0.454 e. The van der Waals surface area contributed by atoms with Crippen LogP contribution in [0.25, 0.3) is 0 Å². The smallest absolute Gasteiger partial charge is 0.325 e. The third kappa shape index (κ3) is 5.66. The highest BCUT2D eigenvalue weighted by molar-refractivity contribution is 5.84. The molecular weight excluding hydrogens is 392 g/mol. The zero-order valence-electron chi connectivity index (χ0n) is 18.4. The molecule has 168 valence electrons. The van der Waals surface area contributed by atoms with E-state index in [4.69, 9.17) is 4.74 Å². The van der Waals surface area contributed by atoms with Crippen molar-refractivity contribution in [3.8, 4) is 0 Å². The number of hydrogen-bond donors (Lipinski definition) is 2. The second-order valence-corrected chi connectivity index (χ2v) is 10.1. The van der Waals surface area contributed by atoms with Gasteiger partial charge in [0, 0.05) is 13.0 Å². The molecule has 0 saturated heterocycles. The van der Waals surface area contributed by atoms with Gasteiger partial charge in [-0.05, 0) is 73.2 Å². The minimum Gasteiger partial charge on any atom is -0.454 e. The van der Waals surface area contributed by atoms with Crippen LogP contribution in [-0.2, 0) is 19.1 Å². The Morgan fingerprint density at radius 1 is 0.968 bits per heavy atom. The van der Waals surface area contributed by atoms with E-state index in [9.17, 15) is 14.4 Å². The van der Waals surface area contributed by atoms with Gasteiger partial charge in [0.25, 0.3) is 5.91 Å². The average Bonchev–Trinajstić information content (AvgIpc) is 2.74. The summed E-state index contributed by atoms with van der Waals surface area (Å²) in [7, 11) is 0. The Balaban J connectivity index is 1.12. The summed E-state index contributed by atoms with van der Waals surface area (Å²) >= 11 is 0. The maximum atomic E-state index is 12.5. The van der Waals surface area contributed by atoms with Crippen LogP contribution in [0.5, 0.6) is 0 Å². The monoisotopic (exact) mass is 426 g/mol. The van der Waals surface area contributed by atoms with E-state index in [1.165, 1.54) is 38.5 Å². The van der Waals surface area contributed by atoms with Crippen molar-refractivity contribution >= 4 is 17.8 Å². The van der Waals surface area contributed by atoms with Gasteiger partial charge in [0.2, 0.25) is 5.91 Å². The fraction of sp³-hybridized carbons (Fsp3) is 0.640. The second-order valence-electron chi connectivity index (χ2n) is 10.1. The fourth-order valence-corrected chi connectivity index (χ4v) is 6.49. The Bertz CT molecular complexity index is 772. The highest BCUT2D eigenvalue weighted by Gasteiger charge is 2.51. The van der Waals surface area contributed by atoms with Gasteiger partial charge in [-0.25, -0.2) is 0 Å². The van der Waals surface area contributed by atoms with E-state index in [2.05, 4.69) is 10.6 Å². The summed E-state index contributed by atoms with van der Waals surface area (Å²) in [6.07, 6.45) is 8.05. The zero-order chi connectivity index (χ0) is 21.8. The minimum absolute atomic E-state index is 0.0694. The van der Waals surface area contributed by atoms with Crippen LogP contribution in [0.2, 0.25) is 0 Å². The summed E-state index contributed by atoms with van der Waals surface area (Å²) < 4.78 is 5.02. The number of hydrogen-bond acceptors (Lipinski definition) is 4. The normalized spacial score (nSPS) is 29.3. The zero-order valence-corrected chi connectivity index (χ0v) is 18.4. The summed E-state index contributed by atoms with van der Waals surface area (Å²) in [5.74, 6) is 1.58. The Hall–Kier alpha value is -2.37. The predicted octanol–water partition coefficient (Wildman–Crippen LogP) is 3.17. The average molecular weight is 427 g/mol. The number of esters is 1. The van der Waals surface area contributed by atoms with Crippen LogP contribution in [0, 0.1) is 23.2 Å². The van der Waals surface area contributed by atoms with Crippen molar-refractivity contribution in [3.05, 3.63) is 35.9 Å². The van der Waals surface area contributed by atoms with E-state index in [0.29, 0.717) is 13.0 Å². The quantitative estimate of drug-likeness (QED) is 0.594. The van der Waals surface area contributed by atoms with E-state index in [1.54, 1.807) is 0 Å². The lowest BCUT2D eigenvalue weighted by Crippen LogP contribution is -2.48. The number of ether oxygens (including phenoxy) is 1. The number of rotatable bonds is 9. The number of carbonyl (C=O) groups excluding carboxylic acids is 3. The molecule has 2 amide bonds. The van der Waals surface area contributed by atoms with Gasteiger partial charge < -0.3 is 15.4 Å². The highest BCUT2D eigenvalue weighted by atomic mass is 16.5. The van der Waals surface area contributed by atoms with Crippen molar-refractivity contribution in [1.82, 2.24) is 10.6 Å². The summed E-state index contributed by atoms with van der Waals surface area (Å²) in [6, 6.07) is 9.92. The molecule has 2 N–H and O–H groups in total. The first kappa shape index (κ1) is 21.8. The third-order valence-corrected chi connectivity index (χ3v) is 7.47. The van der Waals surface area contributed by atoms with Crippen LogP contribution in [0.1, 0.15) is 63.4 Å². The molecule has 1 atom stereocenters. The molecule has 4 bridgehead atoms. The van der Waals surface area contributed by atoms with Crippen LogP contribution in [0.4, 0.5) is 0 Å². The summed E-state index contributed by atoms with van der Waals surface area (Å²) in [5.41, 5.74) is 1.29. The number of benzene rings is 1. The molecule has 0 radical (unpaired) electrons. The first-order chi connectivity index (χ1) is 14.9. The van der Waals surface area contributed by atoms with E-state index >= 15 is 0 Å². The molecule has 0 aliphatic heterocycles. The van der Waals surface area contributed by atoms with E-state index in [1.807, 2.05) is 37.3 Å². The topological polar surface area (TPSA) is 84.5 Å². The number of carbonyl (C=O) groups is 3. The summed E-state index contributed by atoms with van der Waals surface area (Å²) in [6.45, 7) is 1.99. The summed E-state index contributed by atoms with van der Waals surface area (Å²) in [4.78, 5) is 36.4. The van der Waals surface area contributed by atoms with Crippen molar-refractivity contribution in [2.75, 3.05) is 19.7 Å². The Morgan fingerprint density at radius 2 is 1.58 bits per heavy atom. The minimum atomic E-state index is -0.579. The molecule has 1 aromatic carbocycles. The molecule has 4 fully saturated rings. The van der Waals surface area contributed by atoms with Crippen LogP contribution >= 0.6 is 0 Å². The first-order valence-electron chi connectivity index (χ1n) is 11.6. The van der Waals surface area contributed by atoms with Gasteiger partial charge in [-0.3, -0.25) is 14.4 Å². The molecule has 0 heterocycles. The third-order valence-electron chi connectivity index (χ3n) is 7.47. The second kappa shape index (κ2) is 9.41. The Morgan fingerprint density at radius 3 is 2.19 bits per heavy atom. The summed E-state index contributed by atoms with van der Waals surface area (Å²) in [5, 5.41) is 5.49. The molecular formula is C25H34N2O4. The maximum Gasteiger partial charge on any atom is 0.325 e. The SMILES string of the molecule is C[C@@H](CNC(=O)COC(=O)CNC(=O)CC12CC3CC(CC(C3)C1)C2)c1ccccc1. The van der Waals surface area contributed by atoms with E-state index < -0.39 is 5.97 Å². The van der Waals surface area contributed by atoms with Crippen LogP contribution in [0.15, 0.2) is 30.3 Å². The van der Waals surface area contributed by atoms with Crippen LogP contribution in [0.3, 0.4) is 0 Å². The highest BCUT2D eigenvalue weighted by Crippen LogP contribution is 2.61. The lowest BCUT2D eigenvalue weighted by molar-refractivity contribution is -0.148. The van der Waals surface area contributed by atoms with E-state index in [-0.39, 0.29) is 36.3 Å². The molecule has 5 rings (SSSR count). The number of nitrogens with one attached hydrogen (secondary N) is 2. The fourth-order valence-electron chi connectivity index (χ4n) is 6.49. The van der Waals surface area contributed by atoms with Crippen molar-refractivity contribution in [2.45, 2.75) is 57.8 Å². The lowest BCUT2D eigenvalue weighted by atomic mass is 9.49. The molecule has 4 saturated carbocycles. The van der Waals surface area contributed by atoms with Crippen molar-refractivity contribution < 1.29 is 19.1 Å². The van der Waals surface area contributed by atoms with Crippen molar-refractivity contribution in [2.24, 2.45) is 23.2 Å². The number of amides is 2. The molecule has 0 aromatic heterocycles. The van der Waals surface area contributed by atoms with Crippen molar-refractivity contribution in [1.29, 1.82) is 0 Å². The van der Waals surface area contributed by atoms with Crippen molar-refractivity contribution in [3.63, 3.8) is 0 Å². The predicted molar refractivity (Wildman–Crippen MR) is 117 cm³/mol. The standard InChI is InChI=1S/C25H34N2O4/c1-17(21-5-3-2-4-6-21)14-26-23(29)16-31-24(30)15-27-22(28)13-25-10-18-7-19(11-25)9-20(8-18)12-25/h2-6,17-20H,7-16H2,1H3,(H,26,29)(H,27,28)/t17-,18?,19?,20?,25?/m0/s1. The molecule has 0 unspecified atom stereocenters. The van der Waals surface area contributed by atoms with Crippen LogP contribution in [-0.4, -0.2) is 37.5 Å².